The zero-order valence-corrected chi connectivity index (χ0v) is 15.7. The zero-order valence-electron chi connectivity index (χ0n) is 14.2. The summed E-state index contributed by atoms with van der Waals surface area (Å²) in [4.78, 5) is 24.3. The Morgan fingerprint density at radius 1 is 1.08 bits per heavy atom. The molecule has 0 saturated carbocycles. The fourth-order valence-corrected chi connectivity index (χ4v) is 2.71. The summed E-state index contributed by atoms with van der Waals surface area (Å²) in [5.74, 6) is -0.973. The highest BCUT2D eigenvalue weighted by Gasteiger charge is 2.20. The van der Waals surface area contributed by atoms with Gasteiger partial charge in [0, 0.05) is 0 Å². The Morgan fingerprint density at radius 3 is 2.32 bits per heavy atom. The number of nitrogens with one attached hydrogen (secondary N) is 1. The second-order valence-electron chi connectivity index (χ2n) is 5.81. The molecule has 0 aliphatic rings. The third-order valence-corrected chi connectivity index (χ3v) is 4.44. The summed E-state index contributed by atoms with van der Waals surface area (Å²) in [5.41, 5.74) is 3.40. The van der Waals surface area contributed by atoms with Gasteiger partial charge in [0.15, 0.2) is 6.10 Å². The van der Waals surface area contributed by atoms with Crippen molar-refractivity contribution in [3.05, 3.63) is 63.1 Å². The third kappa shape index (κ3) is 5.21. The number of benzene rings is 2. The molecule has 0 heterocycles. The average Bonchev–Trinajstić information content (AvgIpc) is 2.54. The highest BCUT2D eigenvalue weighted by Crippen LogP contribution is 2.29. The molecule has 0 radical (unpaired) electrons. The van der Waals surface area contributed by atoms with Crippen LogP contribution in [0.2, 0.25) is 10.0 Å². The maximum Gasteiger partial charge on any atom is 0.311 e. The Balaban J connectivity index is 1.96. The maximum atomic E-state index is 12.2. The number of hydrogen-bond donors (Lipinski definition) is 1. The van der Waals surface area contributed by atoms with E-state index in [0.29, 0.717) is 15.7 Å². The van der Waals surface area contributed by atoms with Crippen LogP contribution in [-0.2, 0) is 20.7 Å². The first kappa shape index (κ1) is 19.3. The van der Waals surface area contributed by atoms with Crippen molar-refractivity contribution >= 4 is 40.8 Å². The predicted molar refractivity (Wildman–Crippen MR) is 100 cm³/mol. The van der Waals surface area contributed by atoms with E-state index in [4.69, 9.17) is 27.9 Å². The van der Waals surface area contributed by atoms with E-state index in [1.54, 1.807) is 18.2 Å². The van der Waals surface area contributed by atoms with Gasteiger partial charge in [-0.15, -0.1) is 0 Å². The Bertz CT molecular complexity index is 785. The van der Waals surface area contributed by atoms with Crippen molar-refractivity contribution in [2.24, 2.45) is 0 Å². The van der Waals surface area contributed by atoms with Crippen LogP contribution in [0, 0.1) is 13.8 Å². The highest BCUT2D eigenvalue weighted by atomic mass is 35.5. The fraction of sp³-hybridized carbons (Fsp3) is 0.263. The van der Waals surface area contributed by atoms with Gasteiger partial charge >= 0.3 is 5.97 Å². The van der Waals surface area contributed by atoms with Gasteiger partial charge in [0.2, 0.25) is 0 Å². The SMILES string of the molecule is Cc1ccc(CC(=O)O[C@@H](C)C(=O)Nc2c(Cl)cccc2Cl)cc1C. The van der Waals surface area contributed by atoms with Crippen LogP contribution in [0.25, 0.3) is 0 Å². The van der Waals surface area contributed by atoms with Crippen molar-refractivity contribution < 1.29 is 14.3 Å². The molecule has 1 atom stereocenters. The number of rotatable bonds is 5. The lowest BCUT2D eigenvalue weighted by molar-refractivity contribution is -0.152. The van der Waals surface area contributed by atoms with Crippen molar-refractivity contribution in [2.45, 2.75) is 33.3 Å². The van der Waals surface area contributed by atoms with E-state index in [9.17, 15) is 9.59 Å². The van der Waals surface area contributed by atoms with Gasteiger partial charge < -0.3 is 10.1 Å². The molecule has 6 heteroatoms. The molecular weight excluding hydrogens is 361 g/mol. The van der Waals surface area contributed by atoms with E-state index < -0.39 is 18.0 Å². The third-order valence-electron chi connectivity index (χ3n) is 3.81. The summed E-state index contributed by atoms with van der Waals surface area (Å²) >= 11 is 12.0. The van der Waals surface area contributed by atoms with Crippen molar-refractivity contribution in [1.29, 1.82) is 0 Å². The molecule has 2 rings (SSSR count). The Kier molecular flexibility index (Phi) is 6.45. The molecule has 0 unspecified atom stereocenters. The predicted octanol–water partition coefficient (Wildman–Crippen LogP) is 4.72. The van der Waals surface area contributed by atoms with Gasteiger partial charge in [0.25, 0.3) is 5.91 Å². The lowest BCUT2D eigenvalue weighted by Gasteiger charge is -2.15. The minimum absolute atomic E-state index is 0.103. The molecule has 0 fully saturated rings. The van der Waals surface area contributed by atoms with E-state index >= 15 is 0 Å². The summed E-state index contributed by atoms with van der Waals surface area (Å²) in [7, 11) is 0. The molecule has 0 aliphatic heterocycles. The first-order chi connectivity index (χ1) is 11.8. The maximum absolute atomic E-state index is 12.2. The van der Waals surface area contributed by atoms with E-state index in [0.717, 1.165) is 16.7 Å². The average molecular weight is 380 g/mol. The Labute approximate surface area is 157 Å². The first-order valence-corrected chi connectivity index (χ1v) is 8.54. The van der Waals surface area contributed by atoms with Crippen molar-refractivity contribution in [3.63, 3.8) is 0 Å². The molecule has 0 bridgehead atoms. The molecule has 1 amide bonds. The minimum atomic E-state index is -0.966. The van der Waals surface area contributed by atoms with Crippen LogP contribution in [0.15, 0.2) is 36.4 Å². The molecule has 2 aromatic rings. The summed E-state index contributed by atoms with van der Waals surface area (Å²) < 4.78 is 5.20. The van der Waals surface area contributed by atoms with Gasteiger partial charge in [-0.1, -0.05) is 47.5 Å². The zero-order chi connectivity index (χ0) is 18.6. The fourth-order valence-electron chi connectivity index (χ4n) is 2.21. The van der Waals surface area contributed by atoms with Gasteiger partial charge in [-0.05, 0) is 49.6 Å². The topological polar surface area (TPSA) is 55.4 Å². The smallest absolute Gasteiger partial charge is 0.311 e. The normalized spacial score (nSPS) is 11.7. The van der Waals surface area contributed by atoms with Crippen molar-refractivity contribution in [1.82, 2.24) is 0 Å². The Hall–Kier alpha value is -2.04. The first-order valence-electron chi connectivity index (χ1n) is 7.78. The van der Waals surface area contributed by atoms with Crippen LogP contribution in [0.3, 0.4) is 0 Å². The number of aryl methyl sites for hydroxylation is 2. The molecule has 0 aromatic heterocycles. The van der Waals surface area contributed by atoms with Crippen LogP contribution in [0.4, 0.5) is 5.69 Å². The van der Waals surface area contributed by atoms with Crippen LogP contribution in [-0.4, -0.2) is 18.0 Å². The molecular formula is C19H19Cl2NO3. The Morgan fingerprint density at radius 2 is 1.72 bits per heavy atom. The van der Waals surface area contributed by atoms with Gasteiger partial charge in [0.05, 0.1) is 22.2 Å². The number of esters is 1. The van der Waals surface area contributed by atoms with Gasteiger partial charge in [0.1, 0.15) is 0 Å². The summed E-state index contributed by atoms with van der Waals surface area (Å²) in [6, 6.07) is 10.7. The molecule has 0 aliphatic carbocycles. The number of ether oxygens (including phenoxy) is 1. The number of para-hydroxylation sites is 1. The van der Waals surface area contributed by atoms with Crippen molar-refractivity contribution in [3.8, 4) is 0 Å². The molecule has 132 valence electrons. The quantitative estimate of drug-likeness (QED) is 0.764. The number of anilines is 1. The van der Waals surface area contributed by atoms with Crippen LogP contribution in [0.1, 0.15) is 23.6 Å². The van der Waals surface area contributed by atoms with Crippen LogP contribution in [0.5, 0.6) is 0 Å². The monoisotopic (exact) mass is 379 g/mol. The number of halogens is 2. The van der Waals surface area contributed by atoms with Crippen LogP contribution < -0.4 is 5.32 Å². The van der Waals surface area contributed by atoms with E-state index in [1.165, 1.54) is 6.92 Å². The number of carbonyl (C=O) groups is 2. The second kappa shape index (κ2) is 8.37. The number of hydrogen-bond acceptors (Lipinski definition) is 3. The van der Waals surface area contributed by atoms with E-state index in [1.807, 2.05) is 32.0 Å². The highest BCUT2D eigenvalue weighted by molar-refractivity contribution is 6.39. The summed E-state index contributed by atoms with van der Waals surface area (Å²) in [6.07, 6.45) is -0.864. The summed E-state index contributed by atoms with van der Waals surface area (Å²) in [6.45, 7) is 5.48. The lowest BCUT2D eigenvalue weighted by Crippen LogP contribution is -2.30. The molecule has 0 saturated heterocycles. The second-order valence-corrected chi connectivity index (χ2v) is 6.63. The summed E-state index contributed by atoms with van der Waals surface area (Å²) in [5, 5.41) is 3.21. The largest absolute Gasteiger partial charge is 0.452 e. The van der Waals surface area contributed by atoms with E-state index in [-0.39, 0.29) is 6.42 Å². The molecule has 25 heavy (non-hydrogen) atoms. The van der Waals surface area contributed by atoms with Crippen LogP contribution >= 0.6 is 23.2 Å². The number of carbonyl (C=O) groups excluding carboxylic acids is 2. The molecule has 2 aromatic carbocycles. The lowest BCUT2D eigenvalue weighted by atomic mass is 10.0. The van der Waals surface area contributed by atoms with Gasteiger partial charge in [-0.25, -0.2) is 0 Å². The molecule has 0 spiro atoms. The number of amides is 1. The minimum Gasteiger partial charge on any atom is -0.452 e. The van der Waals surface area contributed by atoms with Gasteiger partial charge in [-0.3, -0.25) is 9.59 Å². The van der Waals surface area contributed by atoms with Crippen molar-refractivity contribution in [2.75, 3.05) is 5.32 Å². The molecule has 4 nitrogen and oxygen atoms in total. The van der Waals surface area contributed by atoms with Gasteiger partial charge in [-0.2, -0.15) is 0 Å². The molecule has 1 N–H and O–H groups in total. The van der Waals surface area contributed by atoms with E-state index in [2.05, 4.69) is 5.32 Å². The standard InChI is InChI=1S/C19H19Cl2NO3/c1-11-7-8-14(9-12(11)2)10-17(23)25-13(3)19(24)22-18-15(20)5-4-6-16(18)21/h4-9,13H,10H2,1-3H3,(H,22,24)/t13-/m0/s1.